The Morgan fingerprint density at radius 2 is 2.27 bits per heavy atom. The Kier molecular flexibility index (Phi) is 2.36. The summed E-state index contributed by atoms with van der Waals surface area (Å²) in [7, 11) is 0. The molecule has 1 rings (SSSR count). The standard InChI is InChI=1S/C9H9FO/c1-7-3-2-4-8(5-7)9(11)6-10/h2-5H,6H2,1H3. The first-order valence-corrected chi connectivity index (χ1v) is 3.40. The van der Waals surface area contributed by atoms with Crippen LogP contribution in [0.4, 0.5) is 4.39 Å². The second-order valence-corrected chi connectivity index (χ2v) is 2.43. The smallest absolute Gasteiger partial charge is 0.193 e. The Hall–Kier alpha value is -1.18. The third-order valence-electron chi connectivity index (χ3n) is 1.46. The van der Waals surface area contributed by atoms with Gasteiger partial charge in [-0.1, -0.05) is 23.8 Å². The molecule has 0 heterocycles. The topological polar surface area (TPSA) is 17.1 Å². The Morgan fingerprint density at radius 3 is 2.82 bits per heavy atom. The summed E-state index contributed by atoms with van der Waals surface area (Å²) in [5.74, 6) is -0.450. The Labute approximate surface area is 64.9 Å². The van der Waals surface area contributed by atoms with Crippen molar-refractivity contribution in [2.45, 2.75) is 6.92 Å². The Bertz CT molecular complexity index is 268. The molecule has 0 amide bonds. The molecule has 1 aromatic rings. The van der Waals surface area contributed by atoms with Gasteiger partial charge in [-0.25, -0.2) is 4.39 Å². The third kappa shape index (κ3) is 1.87. The van der Waals surface area contributed by atoms with E-state index >= 15 is 0 Å². The molecular weight excluding hydrogens is 143 g/mol. The van der Waals surface area contributed by atoms with Crippen LogP contribution in [0.25, 0.3) is 0 Å². The van der Waals surface area contributed by atoms with Gasteiger partial charge >= 0.3 is 0 Å². The minimum Gasteiger partial charge on any atom is -0.291 e. The maximum absolute atomic E-state index is 11.9. The molecule has 0 radical (unpaired) electrons. The molecule has 0 saturated carbocycles. The molecule has 2 heteroatoms. The highest BCUT2D eigenvalue weighted by Gasteiger charge is 2.02. The fourth-order valence-corrected chi connectivity index (χ4v) is 0.896. The lowest BCUT2D eigenvalue weighted by atomic mass is 10.1. The molecule has 0 fully saturated rings. The van der Waals surface area contributed by atoms with Gasteiger partial charge in [0.1, 0.15) is 0 Å². The predicted molar refractivity (Wildman–Crippen MR) is 41.5 cm³/mol. The van der Waals surface area contributed by atoms with E-state index in [9.17, 15) is 9.18 Å². The van der Waals surface area contributed by atoms with Gasteiger partial charge in [0.15, 0.2) is 12.5 Å². The van der Waals surface area contributed by atoms with Crippen LogP contribution in [0.5, 0.6) is 0 Å². The molecule has 1 aromatic carbocycles. The predicted octanol–water partition coefficient (Wildman–Crippen LogP) is 2.15. The molecule has 0 aliphatic heterocycles. The van der Waals surface area contributed by atoms with Gasteiger partial charge < -0.3 is 0 Å². The molecule has 0 aromatic heterocycles. The first kappa shape index (κ1) is 7.92. The van der Waals surface area contributed by atoms with Crippen LogP contribution >= 0.6 is 0 Å². The fourth-order valence-electron chi connectivity index (χ4n) is 0.896. The zero-order valence-corrected chi connectivity index (χ0v) is 6.30. The number of benzene rings is 1. The molecular formula is C9H9FO. The van der Waals surface area contributed by atoms with E-state index in [0.29, 0.717) is 5.56 Å². The van der Waals surface area contributed by atoms with Crippen LogP contribution in [0.1, 0.15) is 15.9 Å². The second kappa shape index (κ2) is 3.28. The molecule has 0 aliphatic rings. The normalized spacial score (nSPS) is 9.64. The van der Waals surface area contributed by atoms with Crippen molar-refractivity contribution in [3.63, 3.8) is 0 Å². The summed E-state index contributed by atoms with van der Waals surface area (Å²) in [6, 6.07) is 6.92. The van der Waals surface area contributed by atoms with Crippen LogP contribution in [0, 0.1) is 6.92 Å². The van der Waals surface area contributed by atoms with E-state index in [1.54, 1.807) is 18.2 Å². The first-order chi connectivity index (χ1) is 5.24. The number of halogens is 1. The number of alkyl halides is 1. The molecule has 0 N–H and O–H groups in total. The van der Waals surface area contributed by atoms with E-state index < -0.39 is 12.5 Å². The average Bonchev–Trinajstić information content (AvgIpc) is 2.03. The van der Waals surface area contributed by atoms with Gasteiger partial charge in [0.25, 0.3) is 0 Å². The van der Waals surface area contributed by atoms with Crippen LogP contribution in [0.2, 0.25) is 0 Å². The van der Waals surface area contributed by atoms with Gasteiger partial charge in [0.05, 0.1) is 0 Å². The zero-order valence-electron chi connectivity index (χ0n) is 6.30. The van der Waals surface area contributed by atoms with Gasteiger partial charge in [0, 0.05) is 5.56 Å². The summed E-state index contributed by atoms with van der Waals surface area (Å²) in [5, 5.41) is 0. The fraction of sp³-hybridized carbons (Fsp3) is 0.222. The summed E-state index contributed by atoms with van der Waals surface area (Å²) < 4.78 is 11.9. The van der Waals surface area contributed by atoms with Crippen molar-refractivity contribution in [1.29, 1.82) is 0 Å². The number of hydrogen-bond donors (Lipinski definition) is 0. The van der Waals surface area contributed by atoms with Gasteiger partial charge in [-0.3, -0.25) is 4.79 Å². The SMILES string of the molecule is Cc1cccc(C(=O)CF)c1. The van der Waals surface area contributed by atoms with Crippen molar-refractivity contribution in [3.8, 4) is 0 Å². The molecule has 0 bridgehead atoms. The van der Waals surface area contributed by atoms with Crippen molar-refractivity contribution < 1.29 is 9.18 Å². The summed E-state index contributed by atoms with van der Waals surface area (Å²) >= 11 is 0. The van der Waals surface area contributed by atoms with Crippen LogP contribution < -0.4 is 0 Å². The maximum atomic E-state index is 11.9. The summed E-state index contributed by atoms with van der Waals surface area (Å²) in [5.41, 5.74) is 1.43. The van der Waals surface area contributed by atoms with Crippen LogP contribution in [-0.2, 0) is 0 Å². The highest BCUT2D eigenvalue weighted by Crippen LogP contribution is 2.04. The first-order valence-electron chi connectivity index (χ1n) is 3.40. The number of carbonyl (C=O) groups is 1. The number of carbonyl (C=O) groups excluding carboxylic acids is 1. The van der Waals surface area contributed by atoms with Crippen LogP contribution in [0.15, 0.2) is 24.3 Å². The van der Waals surface area contributed by atoms with E-state index in [-0.39, 0.29) is 0 Å². The Morgan fingerprint density at radius 1 is 1.55 bits per heavy atom. The molecule has 11 heavy (non-hydrogen) atoms. The van der Waals surface area contributed by atoms with Gasteiger partial charge in [-0.15, -0.1) is 0 Å². The molecule has 0 spiro atoms. The maximum Gasteiger partial charge on any atom is 0.193 e. The molecule has 0 unspecified atom stereocenters. The molecule has 0 saturated heterocycles. The van der Waals surface area contributed by atoms with Crippen molar-refractivity contribution in [1.82, 2.24) is 0 Å². The summed E-state index contributed by atoms with van der Waals surface area (Å²) in [6.07, 6.45) is 0. The van der Waals surface area contributed by atoms with E-state index in [4.69, 9.17) is 0 Å². The molecule has 0 atom stereocenters. The zero-order chi connectivity index (χ0) is 8.27. The quantitative estimate of drug-likeness (QED) is 0.593. The Balaban J connectivity index is 2.96. The van der Waals surface area contributed by atoms with E-state index in [2.05, 4.69) is 0 Å². The van der Waals surface area contributed by atoms with Crippen LogP contribution in [0.3, 0.4) is 0 Å². The number of rotatable bonds is 2. The number of hydrogen-bond acceptors (Lipinski definition) is 1. The minimum atomic E-state index is -0.913. The number of aryl methyl sites for hydroxylation is 1. The van der Waals surface area contributed by atoms with E-state index in [0.717, 1.165) is 5.56 Å². The summed E-state index contributed by atoms with van der Waals surface area (Å²) in [6.45, 7) is 0.957. The van der Waals surface area contributed by atoms with Gasteiger partial charge in [-0.05, 0) is 13.0 Å². The van der Waals surface area contributed by atoms with Crippen molar-refractivity contribution >= 4 is 5.78 Å². The summed E-state index contributed by atoms with van der Waals surface area (Å²) in [4.78, 5) is 10.8. The minimum absolute atomic E-state index is 0.450. The average molecular weight is 152 g/mol. The highest BCUT2D eigenvalue weighted by atomic mass is 19.1. The van der Waals surface area contributed by atoms with E-state index in [1.165, 1.54) is 0 Å². The van der Waals surface area contributed by atoms with Crippen molar-refractivity contribution in [3.05, 3.63) is 35.4 Å². The van der Waals surface area contributed by atoms with Crippen molar-refractivity contribution in [2.24, 2.45) is 0 Å². The lowest BCUT2D eigenvalue weighted by molar-refractivity contribution is 0.0958. The van der Waals surface area contributed by atoms with Gasteiger partial charge in [-0.2, -0.15) is 0 Å². The monoisotopic (exact) mass is 152 g/mol. The molecule has 1 nitrogen and oxygen atoms in total. The van der Waals surface area contributed by atoms with Crippen LogP contribution in [-0.4, -0.2) is 12.5 Å². The van der Waals surface area contributed by atoms with E-state index in [1.807, 2.05) is 13.0 Å². The number of ketones is 1. The number of Topliss-reactive ketones (excluding diaryl/α,β-unsaturated/α-hetero) is 1. The lowest BCUT2D eigenvalue weighted by Gasteiger charge is -1.96. The van der Waals surface area contributed by atoms with Crippen molar-refractivity contribution in [2.75, 3.05) is 6.67 Å². The highest BCUT2D eigenvalue weighted by molar-refractivity contribution is 5.97. The van der Waals surface area contributed by atoms with Gasteiger partial charge in [0.2, 0.25) is 0 Å². The third-order valence-corrected chi connectivity index (χ3v) is 1.46. The largest absolute Gasteiger partial charge is 0.291 e. The lowest BCUT2D eigenvalue weighted by Crippen LogP contribution is -2.00. The molecule has 58 valence electrons. The molecule has 0 aliphatic carbocycles. The second-order valence-electron chi connectivity index (χ2n) is 2.43.